The second-order valence-corrected chi connectivity index (χ2v) is 3.88. The topological polar surface area (TPSA) is 46.2 Å². The quantitative estimate of drug-likeness (QED) is 0.646. The Kier molecular flexibility index (Phi) is 3.14. The monoisotopic (exact) mass is 185 g/mol. The van der Waals surface area contributed by atoms with Crippen LogP contribution in [0.2, 0.25) is 0 Å². The summed E-state index contributed by atoms with van der Waals surface area (Å²) in [6, 6.07) is -2.17. The average Bonchev–Trinajstić information content (AvgIpc) is 1.80. The van der Waals surface area contributed by atoms with Crippen LogP contribution in [-0.4, -0.2) is 23.4 Å². The fourth-order valence-electron chi connectivity index (χ4n) is 0.718. The van der Waals surface area contributed by atoms with Crippen LogP contribution < -0.4 is 5.73 Å². The lowest BCUT2D eigenvalue weighted by atomic mass is 9.85. The summed E-state index contributed by atoms with van der Waals surface area (Å²) in [5.41, 5.74) is 3.95. The first-order valence-electron chi connectivity index (χ1n) is 3.57. The number of aliphatic hydroxyl groups excluding tert-OH is 1. The smallest absolute Gasteiger partial charge is 0.391 e. The van der Waals surface area contributed by atoms with Gasteiger partial charge in [0.2, 0.25) is 0 Å². The van der Waals surface area contributed by atoms with Gasteiger partial charge in [-0.3, -0.25) is 0 Å². The Morgan fingerprint density at radius 2 is 1.50 bits per heavy atom. The molecule has 0 heterocycles. The Balaban J connectivity index is 4.41. The molecule has 2 atom stereocenters. The third-order valence-corrected chi connectivity index (χ3v) is 1.61. The lowest BCUT2D eigenvalue weighted by molar-refractivity contribution is -0.180. The van der Waals surface area contributed by atoms with Crippen LogP contribution in [0.1, 0.15) is 20.8 Å². The van der Waals surface area contributed by atoms with Crippen LogP contribution in [0.25, 0.3) is 0 Å². The summed E-state index contributed by atoms with van der Waals surface area (Å²) in [6.45, 7) is 4.51. The number of alkyl halides is 3. The van der Waals surface area contributed by atoms with E-state index in [1.165, 1.54) is 20.8 Å². The molecule has 0 radical (unpaired) electrons. The fraction of sp³-hybridized carbons (Fsp3) is 1.00. The Morgan fingerprint density at radius 1 is 1.17 bits per heavy atom. The third kappa shape index (κ3) is 2.98. The standard InChI is InChI=1S/C7H14F3NO/c1-6(2,3)5(12)4(11)7(8,9)10/h4-5,12H,11H2,1-3H3. The summed E-state index contributed by atoms with van der Waals surface area (Å²) in [5.74, 6) is 0. The highest BCUT2D eigenvalue weighted by atomic mass is 19.4. The summed E-state index contributed by atoms with van der Waals surface area (Å²) in [4.78, 5) is 0. The van der Waals surface area contributed by atoms with Crippen molar-refractivity contribution in [2.24, 2.45) is 11.1 Å². The average molecular weight is 185 g/mol. The molecule has 0 spiro atoms. The Morgan fingerprint density at radius 3 is 1.58 bits per heavy atom. The van der Waals surface area contributed by atoms with Crippen LogP contribution in [0.3, 0.4) is 0 Å². The highest BCUT2D eigenvalue weighted by Crippen LogP contribution is 2.29. The van der Waals surface area contributed by atoms with Gasteiger partial charge < -0.3 is 10.8 Å². The number of aliphatic hydroxyl groups is 1. The van der Waals surface area contributed by atoms with Crippen molar-refractivity contribution in [3.63, 3.8) is 0 Å². The van der Waals surface area contributed by atoms with Crippen molar-refractivity contribution in [2.75, 3.05) is 0 Å². The molecule has 0 aromatic rings. The van der Waals surface area contributed by atoms with E-state index in [2.05, 4.69) is 0 Å². The molecule has 0 saturated heterocycles. The maximum absolute atomic E-state index is 11.9. The summed E-state index contributed by atoms with van der Waals surface area (Å²) < 4.78 is 35.8. The van der Waals surface area contributed by atoms with Gasteiger partial charge in [0.05, 0.1) is 6.10 Å². The van der Waals surface area contributed by atoms with E-state index in [1.807, 2.05) is 0 Å². The van der Waals surface area contributed by atoms with Gasteiger partial charge in [-0.1, -0.05) is 20.8 Å². The zero-order chi connectivity index (χ0) is 10.2. The summed E-state index contributed by atoms with van der Waals surface area (Å²) in [5, 5.41) is 9.14. The first kappa shape index (κ1) is 11.7. The van der Waals surface area contributed by atoms with E-state index in [4.69, 9.17) is 10.8 Å². The van der Waals surface area contributed by atoms with Crippen molar-refractivity contribution < 1.29 is 18.3 Å². The van der Waals surface area contributed by atoms with Crippen LogP contribution in [0.5, 0.6) is 0 Å². The zero-order valence-corrected chi connectivity index (χ0v) is 7.31. The van der Waals surface area contributed by atoms with Gasteiger partial charge in [-0.2, -0.15) is 13.2 Å². The van der Waals surface area contributed by atoms with Crippen LogP contribution in [0, 0.1) is 5.41 Å². The number of rotatable bonds is 1. The van der Waals surface area contributed by atoms with Gasteiger partial charge >= 0.3 is 6.18 Å². The lowest BCUT2D eigenvalue weighted by Gasteiger charge is -2.31. The molecule has 74 valence electrons. The maximum Gasteiger partial charge on any atom is 0.406 e. The van der Waals surface area contributed by atoms with E-state index in [9.17, 15) is 13.2 Å². The van der Waals surface area contributed by atoms with Gasteiger partial charge in [-0.25, -0.2) is 0 Å². The number of hydrogen-bond acceptors (Lipinski definition) is 2. The molecule has 0 aliphatic rings. The molecule has 3 N–H and O–H groups in total. The minimum absolute atomic E-state index is 0.852. The van der Waals surface area contributed by atoms with Gasteiger partial charge in [0.1, 0.15) is 6.04 Å². The molecule has 2 nitrogen and oxygen atoms in total. The molecule has 0 aliphatic heterocycles. The Hall–Kier alpha value is -0.290. The highest BCUT2D eigenvalue weighted by molar-refractivity contribution is 4.86. The third-order valence-electron chi connectivity index (χ3n) is 1.61. The van der Waals surface area contributed by atoms with E-state index < -0.39 is 23.7 Å². The minimum Gasteiger partial charge on any atom is -0.391 e. The van der Waals surface area contributed by atoms with Gasteiger partial charge in [-0.05, 0) is 5.41 Å². The van der Waals surface area contributed by atoms with Crippen LogP contribution in [0.15, 0.2) is 0 Å². The van der Waals surface area contributed by atoms with Crippen LogP contribution >= 0.6 is 0 Å². The van der Waals surface area contributed by atoms with E-state index >= 15 is 0 Å². The molecular weight excluding hydrogens is 171 g/mol. The fourth-order valence-corrected chi connectivity index (χ4v) is 0.718. The molecule has 0 aromatic carbocycles. The molecule has 0 fully saturated rings. The first-order chi connectivity index (χ1) is 5.07. The largest absolute Gasteiger partial charge is 0.406 e. The zero-order valence-electron chi connectivity index (χ0n) is 7.31. The lowest BCUT2D eigenvalue weighted by Crippen LogP contribution is -2.52. The number of nitrogens with two attached hydrogens (primary N) is 1. The number of halogens is 3. The molecular formula is C7H14F3NO. The van der Waals surface area contributed by atoms with Crippen molar-refractivity contribution in [3.05, 3.63) is 0 Å². The SMILES string of the molecule is CC(C)(C)C(O)C(N)C(F)(F)F. The minimum atomic E-state index is -4.54. The molecule has 0 aliphatic carbocycles. The first-order valence-corrected chi connectivity index (χ1v) is 3.57. The molecule has 2 unspecified atom stereocenters. The van der Waals surface area contributed by atoms with E-state index in [0.29, 0.717) is 0 Å². The van der Waals surface area contributed by atoms with Crippen molar-refractivity contribution >= 4 is 0 Å². The summed E-state index contributed by atoms with van der Waals surface area (Å²) in [6.07, 6.45) is -6.11. The second-order valence-electron chi connectivity index (χ2n) is 3.88. The molecule has 0 aromatic heterocycles. The van der Waals surface area contributed by atoms with Gasteiger partial charge in [0, 0.05) is 0 Å². The molecule has 0 bridgehead atoms. The predicted octanol–water partition coefficient (Wildman–Crippen LogP) is 1.28. The van der Waals surface area contributed by atoms with Crippen LogP contribution in [-0.2, 0) is 0 Å². The van der Waals surface area contributed by atoms with E-state index in [-0.39, 0.29) is 0 Å². The van der Waals surface area contributed by atoms with Gasteiger partial charge in [0.15, 0.2) is 0 Å². The molecule has 0 amide bonds. The van der Waals surface area contributed by atoms with Crippen LogP contribution in [0.4, 0.5) is 13.2 Å². The van der Waals surface area contributed by atoms with Crippen molar-refractivity contribution in [1.29, 1.82) is 0 Å². The number of hydrogen-bond donors (Lipinski definition) is 2. The Labute approximate surface area is 69.6 Å². The maximum atomic E-state index is 11.9. The van der Waals surface area contributed by atoms with Gasteiger partial charge in [-0.15, -0.1) is 0 Å². The normalized spacial score (nSPS) is 19.0. The van der Waals surface area contributed by atoms with Crippen molar-refractivity contribution in [2.45, 2.75) is 39.1 Å². The van der Waals surface area contributed by atoms with E-state index in [0.717, 1.165) is 0 Å². The van der Waals surface area contributed by atoms with Crippen molar-refractivity contribution in [3.8, 4) is 0 Å². The Bertz CT molecular complexity index is 132. The molecule has 12 heavy (non-hydrogen) atoms. The molecule has 0 rings (SSSR count). The van der Waals surface area contributed by atoms with Crippen molar-refractivity contribution in [1.82, 2.24) is 0 Å². The summed E-state index contributed by atoms with van der Waals surface area (Å²) >= 11 is 0. The predicted molar refractivity (Wildman–Crippen MR) is 39.5 cm³/mol. The van der Waals surface area contributed by atoms with E-state index in [1.54, 1.807) is 0 Å². The molecule has 5 heteroatoms. The van der Waals surface area contributed by atoms with Gasteiger partial charge in [0.25, 0.3) is 0 Å². The second kappa shape index (κ2) is 3.22. The molecule has 0 saturated carbocycles. The highest BCUT2D eigenvalue weighted by Gasteiger charge is 2.45. The summed E-state index contributed by atoms with van der Waals surface area (Å²) in [7, 11) is 0.